The van der Waals surface area contributed by atoms with E-state index in [1.54, 1.807) is 13.0 Å². The number of benzene rings is 1. The smallest absolute Gasteiger partial charge is 0.433 e. The lowest BCUT2D eigenvalue weighted by molar-refractivity contribution is -0.152. The number of alkyl halides is 3. The standard InChI is InChI=1S/C28H30Cl2F3N3O4/c1-26(25(39)40)11-6-16(7-12-26)36-23(28(31,32)33)17(14-34-36)24(38)35(21-8-13-27(21)9-3-10-27)15-20(37)22-18(29)4-2-5-19(22)30/h2,4-5,14,16,21H,3,6-13,15H2,1H3,(H,39,40)/t16?,21-,26?/m1/s1. The van der Waals surface area contributed by atoms with Crippen LogP contribution in [-0.4, -0.2) is 50.0 Å². The van der Waals surface area contributed by atoms with Crippen molar-refractivity contribution in [2.75, 3.05) is 6.54 Å². The van der Waals surface area contributed by atoms with Crippen LogP contribution in [-0.2, 0) is 11.0 Å². The largest absolute Gasteiger partial charge is 0.481 e. The van der Waals surface area contributed by atoms with Gasteiger partial charge >= 0.3 is 12.1 Å². The van der Waals surface area contributed by atoms with Crippen molar-refractivity contribution < 1.29 is 32.7 Å². The highest BCUT2D eigenvalue weighted by Crippen LogP contribution is 2.58. The second-order valence-electron chi connectivity index (χ2n) is 11.7. The molecular weight excluding hydrogens is 570 g/mol. The quantitative estimate of drug-likeness (QED) is 0.343. The lowest BCUT2D eigenvalue weighted by Crippen LogP contribution is -2.61. The summed E-state index contributed by atoms with van der Waals surface area (Å²) in [7, 11) is 0. The molecule has 7 nitrogen and oxygen atoms in total. The zero-order chi connectivity index (χ0) is 29.0. The van der Waals surface area contributed by atoms with Gasteiger partial charge in [0, 0.05) is 6.04 Å². The number of carbonyl (C=O) groups excluding carboxylic acids is 2. The van der Waals surface area contributed by atoms with Crippen molar-refractivity contribution >= 4 is 40.9 Å². The SMILES string of the molecule is CC1(C(=O)O)CCC(n2ncc(C(=O)N(CC(=O)c3c(Cl)cccc3Cl)[C@@H]3CCC34CCC4)c2C(F)(F)F)CC1. The van der Waals surface area contributed by atoms with Crippen molar-refractivity contribution in [3.63, 3.8) is 0 Å². The molecule has 1 amide bonds. The number of hydrogen-bond acceptors (Lipinski definition) is 4. The van der Waals surface area contributed by atoms with E-state index in [1.165, 1.54) is 17.0 Å². The first-order valence-corrected chi connectivity index (χ1v) is 14.2. The van der Waals surface area contributed by atoms with Gasteiger partial charge in [-0.1, -0.05) is 35.7 Å². The van der Waals surface area contributed by atoms with Gasteiger partial charge < -0.3 is 10.0 Å². The Labute approximate surface area is 239 Å². The molecule has 3 fully saturated rings. The van der Waals surface area contributed by atoms with Gasteiger partial charge in [0.2, 0.25) is 0 Å². The summed E-state index contributed by atoms with van der Waals surface area (Å²) >= 11 is 12.5. The molecule has 0 saturated heterocycles. The number of carboxylic acids is 1. The minimum absolute atomic E-state index is 0.0287. The summed E-state index contributed by atoms with van der Waals surface area (Å²) in [5.74, 6) is -2.44. The van der Waals surface area contributed by atoms with Crippen LogP contribution in [0, 0.1) is 10.8 Å². The Morgan fingerprint density at radius 3 is 2.17 bits per heavy atom. The fraction of sp³-hybridized carbons (Fsp3) is 0.571. The molecule has 1 atom stereocenters. The molecule has 1 aromatic carbocycles. The number of amides is 1. The lowest BCUT2D eigenvalue weighted by atomic mass is 9.52. The number of aromatic nitrogens is 2. The minimum Gasteiger partial charge on any atom is -0.481 e. The highest BCUT2D eigenvalue weighted by molar-refractivity contribution is 6.40. The summed E-state index contributed by atoms with van der Waals surface area (Å²) in [6.45, 7) is 1.13. The normalized spacial score (nSPS) is 25.6. The monoisotopic (exact) mass is 599 g/mol. The van der Waals surface area contributed by atoms with Crippen molar-refractivity contribution in [3.05, 3.63) is 51.3 Å². The average molecular weight is 600 g/mol. The summed E-state index contributed by atoms with van der Waals surface area (Å²) in [6, 6.07) is 3.48. The van der Waals surface area contributed by atoms with Gasteiger partial charge in [-0.2, -0.15) is 18.3 Å². The van der Waals surface area contributed by atoms with E-state index in [-0.39, 0.29) is 52.7 Å². The second kappa shape index (κ2) is 10.4. The summed E-state index contributed by atoms with van der Waals surface area (Å²) in [4.78, 5) is 40.3. The molecule has 1 N–H and O–H groups in total. The van der Waals surface area contributed by atoms with Gasteiger partial charge in [0.1, 0.15) is 0 Å². The third-order valence-electron chi connectivity index (χ3n) is 9.38. The number of rotatable bonds is 7. The zero-order valence-electron chi connectivity index (χ0n) is 21.9. The third-order valence-corrected chi connectivity index (χ3v) is 10.0. The predicted octanol–water partition coefficient (Wildman–Crippen LogP) is 7.07. The van der Waals surface area contributed by atoms with E-state index in [1.807, 2.05) is 0 Å². The highest BCUT2D eigenvalue weighted by atomic mass is 35.5. The van der Waals surface area contributed by atoms with E-state index in [2.05, 4.69) is 5.10 Å². The molecule has 3 aliphatic carbocycles. The maximum absolute atomic E-state index is 14.5. The number of ketones is 1. The Hall–Kier alpha value is -2.59. The van der Waals surface area contributed by atoms with Crippen LogP contribution < -0.4 is 0 Å². The molecule has 1 heterocycles. The van der Waals surface area contributed by atoms with Gasteiger partial charge in [0.05, 0.1) is 45.4 Å². The molecule has 2 aromatic rings. The van der Waals surface area contributed by atoms with Crippen LogP contribution in [0.3, 0.4) is 0 Å². The number of halogens is 5. The van der Waals surface area contributed by atoms with Gasteiger partial charge in [-0.3, -0.25) is 19.1 Å². The molecule has 1 aromatic heterocycles. The van der Waals surface area contributed by atoms with Crippen LogP contribution in [0.5, 0.6) is 0 Å². The first kappa shape index (κ1) is 28.9. The highest BCUT2D eigenvalue weighted by Gasteiger charge is 2.55. The fourth-order valence-electron chi connectivity index (χ4n) is 6.63. The molecule has 3 saturated carbocycles. The van der Waals surface area contributed by atoms with Crippen molar-refractivity contribution in [1.29, 1.82) is 0 Å². The van der Waals surface area contributed by atoms with Gasteiger partial charge in [-0.05, 0) is 75.8 Å². The van der Waals surface area contributed by atoms with Crippen LogP contribution in [0.15, 0.2) is 24.4 Å². The molecule has 1 spiro atoms. The first-order valence-electron chi connectivity index (χ1n) is 13.4. The van der Waals surface area contributed by atoms with Gasteiger partial charge in [0.25, 0.3) is 5.91 Å². The maximum Gasteiger partial charge on any atom is 0.433 e. The second-order valence-corrected chi connectivity index (χ2v) is 12.5. The Bertz CT molecular complexity index is 1320. The van der Waals surface area contributed by atoms with Crippen LogP contribution in [0.4, 0.5) is 13.2 Å². The number of carbonyl (C=O) groups is 3. The molecule has 0 bridgehead atoms. The van der Waals surface area contributed by atoms with E-state index >= 15 is 0 Å². The van der Waals surface area contributed by atoms with Gasteiger partial charge in [0.15, 0.2) is 11.5 Å². The van der Waals surface area contributed by atoms with Crippen LogP contribution in [0.2, 0.25) is 10.0 Å². The zero-order valence-corrected chi connectivity index (χ0v) is 23.5. The molecule has 40 heavy (non-hydrogen) atoms. The predicted molar refractivity (Wildman–Crippen MR) is 142 cm³/mol. The van der Waals surface area contributed by atoms with E-state index < -0.39 is 53.1 Å². The summed E-state index contributed by atoms with van der Waals surface area (Å²) < 4.78 is 44.4. The van der Waals surface area contributed by atoms with Gasteiger partial charge in [-0.15, -0.1) is 0 Å². The summed E-state index contributed by atoms with van der Waals surface area (Å²) in [5, 5.41) is 13.7. The number of hydrogen-bond donors (Lipinski definition) is 1. The van der Waals surface area contributed by atoms with E-state index in [0.29, 0.717) is 6.42 Å². The van der Waals surface area contributed by atoms with Crippen LogP contribution in [0.1, 0.15) is 97.2 Å². The molecule has 216 valence electrons. The fourth-order valence-corrected chi connectivity index (χ4v) is 7.24. The number of aliphatic carboxylic acids is 1. The molecule has 12 heteroatoms. The Balaban J connectivity index is 1.49. The maximum atomic E-state index is 14.5. The molecule has 0 radical (unpaired) electrons. The van der Waals surface area contributed by atoms with E-state index in [9.17, 15) is 32.7 Å². The first-order chi connectivity index (χ1) is 18.8. The van der Waals surface area contributed by atoms with Gasteiger partial charge in [-0.25, -0.2) is 0 Å². The lowest BCUT2D eigenvalue weighted by Gasteiger charge is -2.59. The molecule has 0 unspecified atom stereocenters. The van der Waals surface area contributed by atoms with Crippen molar-refractivity contribution in [2.24, 2.45) is 10.8 Å². The van der Waals surface area contributed by atoms with Crippen molar-refractivity contribution in [2.45, 2.75) is 83.0 Å². The molecule has 5 rings (SSSR count). The molecule has 3 aliphatic rings. The topological polar surface area (TPSA) is 92.5 Å². The van der Waals surface area contributed by atoms with E-state index in [4.69, 9.17) is 23.2 Å². The van der Waals surface area contributed by atoms with Crippen molar-refractivity contribution in [3.8, 4) is 0 Å². The Morgan fingerprint density at radius 1 is 1.07 bits per heavy atom. The Kier molecular flexibility index (Phi) is 7.48. The van der Waals surface area contributed by atoms with Crippen molar-refractivity contribution in [1.82, 2.24) is 14.7 Å². The molecule has 0 aliphatic heterocycles. The van der Waals surface area contributed by atoms with E-state index in [0.717, 1.165) is 36.6 Å². The van der Waals surface area contributed by atoms with Crippen LogP contribution in [0.25, 0.3) is 0 Å². The summed E-state index contributed by atoms with van der Waals surface area (Å²) in [6.07, 6.45) is 0.864. The minimum atomic E-state index is -4.90. The third kappa shape index (κ3) is 4.91. The Morgan fingerprint density at radius 2 is 1.70 bits per heavy atom. The number of Topliss-reactive ketones (excluding diaryl/α,β-unsaturated/α-hetero) is 1. The number of carboxylic acid groups (broad SMARTS) is 1. The summed E-state index contributed by atoms with van der Waals surface area (Å²) in [5.41, 5.74) is -2.96. The number of nitrogens with zero attached hydrogens (tertiary/aromatic N) is 3. The van der Waals surface area contributed by atoms with Crippen LogP contribution >= 0.6 is 23.2 Å². The molecular formula is C28H30Cl2F3N3O4. The average Bonchev–Trinajstić information content (AvgIpc) is 3.28.